The van der Waals surface area contributed by atoms with Crippen LogP contribution in [-0.4, -0.2) is 103 Å². The molecule has 318 valence electrons. The molecule has 0 radical (unpaired) electrons. The fourth-order valence-electron chi connectivity index (χ4n) is 5.95. The summed E-state index contributed by atoms with van der Waals surface area (Å²) >= 11 is 1.75. The van der Waals surface area contributed by atoms with E-state index in [1.807, 2.05) is 14.1 Å². The molecule has 0 amide bonds. The quantitative estimate of drug-likeness (QED) is 0.0405. The van der Waals surface area contributed by atoms with Crippen molar-refractivity contribution in [3.05, 3.63) is 131 Å². The van der Waals surface area contributed by atoms with Crippen LogP contribution >= 0.6 is 11.3 Å². The summed E-state index contributed by atoms with van der Waals surface area (Å²) in [7, 11) is 6.15. The maximum absolute atomic E-state index is 13.4. The number of nitrogens with zero attached hydrogens (tertiary/aromatic N) is 3. The first-order chi connectivity index (χ1) is 29.2. The van der Waals surface area contributed by atoms with E-state index in [0.717, 1.165) is 49.5 Å². The summed E-state index contributed by atoms with van der Waals surface area (Å²) in [5.41, 5.74) is 4.68. The van der Waals surface area contributed by atoms with Crippen molar-refractivity contribution >= 4 is 27.2 Å². The van der Waals surface area contributed by atoms with Crippen LogP contribution in [0.4, 0.5) is 14.5 Å². The summed E-state index contributed by atoms with van der Waals surface area (Å²) < 4.78 is 64.9. The van der Waals surface area contributed by atoms with Crippen LogP contribution in [0.1, 0.15) is 11.1 Å². The van der Waals surface area contributed by atoms with Crippen LogP contribution in [0.2, 0.25) is 0 Å². The summed E-state index contributed by atoms with van der Waals surface area (Å²) in [6.07, 6.45) is -0.769. The molecule has 0 saturated heterocycles. The number of aliphatic hydroxyl groups excluding tert-OH is 1. The fourth-order valence-corrected chi connectivity index (χ4v) is 6.98. The second-order valence-corrected chi connectivity index (χ2v) is 15.4. The SMILES string of the molecule is CN(CCOCCOCCOCCNCC(O)COc1ccc(OCc2ccc(F)cc2)c(OCc2ccc(F)cc2)c1)c1ccc2nc3ccc(=[N+](C)C)cc-3sc2c1. The summed E-state index contributed by atoms with van der Waals surface area (Å²) in [4.78, 5) is 8.20. The Balaban J connectivity index is 0.810. The first kappa shape index (κ1) is 44.3. The Bertz CT molecular complexity index is 2270. The van der Waals surface area contributed by atoms with E-state index in [1.54, 1.807) is 53.8 Å². The van der Waals surface area contributed by atoms with Crippen LogP contribution in [0, 0.1) is 11.6 Å². The van der Waals surface area contributed by atoms with E-state index < -0.39 is 6.10 Å². The Morgan fingerprint density at radius 1 is 0.717 bits per heavy atom. The molecule has 14 heteroatoms. The van der Waals surface area contributed by atoms with E-state index in [4.69, 9.17) is 33.4 Å². The third-order valence-electron chi connectivity index (χ3n) is 9.40. The molecule has 0 saturated carbocycles. The minimum Gasteiger partial charge on any atom is -0.491 e. The lowest BCUT2D eigenvalue weighted by Crippen LogP contribution is -2.33. The number of benzene rings is 5. The predicted octanol–water partition coefficient (Wildman–Crippen LogP) is 6.38. The van der Waals surface area contributed by atoms with Gasteiger partial charge in [0.25, 0.3) is 0 Å². The van der Waals surface area contributed by atoms with Gasteiger partial charge in [-0.2, -0.15) is 0 Å². The Morgan fingerprint density at radius 3 is 2.05 bits per heavy atom. The average molecular weight is 844 g/mol. The molecule has 11 nitrogen and oxygen atoms in total. The third-order valence-corrected chi connectivity index (χ3v) is 10.5. The van der Waals surface area contributed by atoms with Gasteiger partial charge >= 0.3 is 0 Å². The predicted molar refractivity (Wildman–Crippen MR) is 231 cm³/mol. The number of nitrogens with one attached hydrogen (secondary N) is 1. The number of hydrogen-bond donors (Lipinski definition) is 2. The summed E-state index contributed by atoms with van der Waals surface area (Å²) in [6, 6.07) is 29.9. The Hall–Kier alpha value is -5.22. The zero-order chi connectivity index (χ0) is 42.1. The Labute approximate surface area is 353 Å². The number of halogens is 2. The highest BCUT2D eigenvalue weighted by Gasteiger charge is 2.13. The molecule has 1 atom stereocenters. The van der Waals surface area contributed by atoms with E-state index in [-0.39, 0.29) is 31.5 Å². The average Bonchev–Trinajstić information content (AvgIpc) is 3.25. The van der Waals surface area contributed by atoms with Crippen molar-refractivity contribution < 1.29 is 42.3 Å². The van der Waals surface area contributed by atoms with Gasteiger partial charge in [-0.05, 0) is 71.8 Å². The van der Waals surface area contributed by atoms with Gasteiger partial charge in [0, 0.05) is 50.6 Å². The molecule has 1 heterocycles. The van der Waals surface area contributed by atoms with Gasteiger partial charge < -0.3 is 43.7 Å². The number of anilines is 1. The van der Waals surface area contributed by atoms with E-state index >= 15 is 0 Å². The highest BCUT2D eigenvalue weighted by atomic mass is 32.1. The lowest BCUT2D eigenvalue weighted by molar-refractivity contribution is 0.0160. The molecule has 0 aromatic heterocycles. The first-order valence-corrected chi connectivity index (χ1v) is 20.7. The van der Waals surface area contributed by atoms with Crippen LogP contribution < -0.4 is 34.4 Å². The number of ether oxygens (including phenoxy) is 6. The molecule has 2 N–H and O–H groups in total. The molecular formula is C46H53F2N4O7S+. The van der Waals surface area contributed by atoms with Crippen molar-refractivity contribution in [1.82, 2.24) is 14.9 Å². The molecule has 6 rings (SSSR count). The minimum absolute atomic E-state index is 0.0462. The van der Waals surface area contributed by atoms with Crippen molar-refractivity contribution in [2.24, 2.45) is 0 Å². The van der Waals surface area contributed by atoms with Crippen molar-refractivity contribution in [2.45, 2.75) is 19.3 Å². The molecule has 1 aliphatic carbocycles. The Morgan fingerprint density at radius 2 is 1.37 bits per heavy atom. The standard InChI is InChI=1S/C46H53F2N4O7S/c1-51(2)37-12-15-41-45(26-37)60-46-27-38(13-16-42(46)50-41)52(3)19-21-55-23-25-56-24-22-54-20-18-49-29-39(53)32-57-40-14-17-43(58-30-33-4-8-35(47)9-5-33)44(28-40)59-31-34-6-10-36(48)11-7-34/h4-17,26-28,39,49,53H,18-25,29-32H2,1-3H3/q+1. The lowest BCUT2D eigenvalue weighted by Gasteiger charge is -2.20. The van der Waals surface area contributed by atoms with E-state index in [9.17, 15) is 13.9 Å². The van der Waals surface area contributed by atoms with Crippen LogP contribution in [0.25, 0.3) is 20.8 Å². The number of aliphatic hydroxyl groups is 1. The largest absolute Gasteiger partial charge is 0.491 e. The van der Waals surface area contributed by atoms with Gasteiger partial charge in [0.05, 0.1) is 60.4 Å². The number of likely N-dealkylation sites (N-methyl/N-ethyl adjacent to an activating group) is 1. The maximum Gasteiger partial charge on any atom is 0.201 e. The summed E-state index contributed by atoms with van der Waals surface area (Å²) in [5.74, 6) is 0.688. The minimum atomic E-state index is -0.769. The molecule has 2 aliphatic rings. The molecule has 4 aromatic rings. The molecule has 60 heavy (non-hydrogen) atoms. The van der Waals surface area contributed by atoms with E-state index in [0.29, 0.717) is 70.0 Å². The molecular weight excluding hydrogens is 791 g/mol. The second-order valence-electron chi connectivity index (χ2n) is 14.3. The maximum atomic E-state index is 13.4. The summed E-state index contributed by atoms with van der Waals surface area (Å²) in [6.45, 7) is 4.98. The highest BCUT2D eigenvalue weighted by molar-refractivity contribution is 7.21. The summed E-state index contributed by atoms with van der Waals surface area (Å²) in [5, 5.41) is 14.8. The van der Waals surface area contributed by atoms with Gasteiger partial charge in [-0.3, -0.25) is 0 Å². The van der Waals surface area contributed by atoms with Crippen molar-refractivity contribution in [3.8, 4) is 27.8 Å². The third kappa shape index (κ3) is 13.9. The topological polar surface area (TPSA) is 107 Å². The number of fused-ring (bicyclic) bond motifs is 2. The molecule has 1 unspecified atom stereocenters. The van der Waals surface area contributed by atoms with Gasteiger partial charge in [-0.25, -0.2) is 18.3 Å². The van der Waals surface area contributed by atoms with Gasteiger partial charge in [-0.1, -0.05) is 24.3 Å². The number of aromatic nitrogens is 1. The Kier molecular flexibility index (Phi) is 17.0. The van der Waals surface area contributed by atoms with Crippen LogP contribution in [0.15, 0.2) is 103 Å². The number of hydrogen-bond acceptors (Lipinski definition) is 11. The monoisotopic (exact) mass is 843 g/mol. The normalized spacial score (nSPS) is 11.8. The van der Waals surface area contributed by atoms with Crippen LogP contribution in [-0.2, 0) is 27.4 Å². The highest BCUT2D eigenvalue weighted by Crippen LogP contribution is 2.34. The molecule has 0 fully saturated rings. The second kappa shape index (κ2) is 23.0. The van der Waals surface area contributed by atoms with E-state index in [1.165, 1.54) is 24.3 Å². The smallest absolute Gasteiger partial charge is 0.201 e. The molecule has 0 spiro atoms. The van der Waals surface area contributed by atoms with Gasteiger partial charge in [0.15, 0.2) is 11.5 Å². The molecule has 0 bridgehead atoms. The van der Waals surface area contributed by atoms with Gasteiger partial charge in [0.2, 0.25) is 5.36 Å². The van der Waals surface area contributed by atoms with Crippen molar-refractivity contribution in [3.63, 3.8) is 0 Å². The van der Waals surface area contributed by atoms with Crippen LogP contribution in [0.5, 0.6) is 17.2 Å². The van der Waals surface area contributed by atoms with Gasteiger partial charge in [-0.15, -0.1) is 11.3 Å². The molecule has 4 aromatic carbocycles. The van der Waals surface area contributed by atoms with E-state index in [2.05, 4.69) is 58.2 Å². The van der Waals surface area contributed by atoms with Crippen molar-refractivity contribution in [2.75, 3.05) is 91.9 Å². The zero-order valence-electron chi connectivity index (χ0n) is 34.3. The van der Waals surface area contributed by atoms with Crippen LogP contribution in [0.3, 0.4) is 0 Å². The van der Waals surface area contributed by atoms with Crippen molar-refractivity contribution in [1.29, 1.82) is 0 Å². The first-order valence-electron chi connectivity index (χ1n) is 19.9. The fraction of sp³-hybridized carbons (Fsp3) is 0.348. The van der Waals surface area contributed by atoms with Gasteiger partial charge in [0.1, 0.15) is 57.4 Å². The number of rotatable bonds is 24. The molecule has 1 aliphatic heterocycles. The zero-order valence-corrected chi connectivity index (χ0v) is 35.1. The lowest BCUT2D eigenvalue weighted by atomic mass is 10.2.